The minimum atomic E-state index is 0.762. The Balaban J connectivity index is 2.11. The molecule has 1 saturated carbocycles. The predicted octanol–water partition coefficient (Wildman–Crippen LogP) is 5.20. The van der Waals surface area contributed by atoms with Crippen LogP contribution in [0.25, 0.3) is 0 Å². The molecule has 2 aliphatic rings. The van der Waals surface area contributed by atoms with Gasteiger partial charge in [0.05, 0.1) is 0 Å². The average Bonchev–Trinajstić information content (AvgIpc) is 2.56. The van der Waals surface area contributed by atoms with Crippen molar-refractivity contribution in [3.63, 3.8) is 0 Å². The van der Waals surface area contributed by atoms with Gasteiger partial charge in [-0.2, -0.15) is 23.5 Å². The number of rotatable bonds is 7. The average molecular weight is 330 g/mol. The third kappa shape index (κ3) is 4.81. The summed E-state index contributed by atoms with van der Waals surface area (Å²) in [5.41, 5.74) is 0. The van der Waals surface area contributed by atoms with E-state index < -0.39 is 0 Å². The molecule has 1 nitrogen and oxygen atoms in total. The molecule has 2 rings (SSSR count). The summed E-state index contributed by atoms with van der Waals surface area (Å²) in [4.78, 5) is 0. The lowest BCUT2D eigenvalue weighted by Crippen LogP contribution is -2.52. The standard InChI is InChI=1S/C18H35NS2/c1-4-11-19-17(15-10-8-7-9-14(15)5-2)18-16(6-3)20-12-13-21-18/h14-19H,4-13H2,1-3H3. The summed E-state index contributed by atoms with van der Waals surface area (Å²) >= 11 is 4.52. The normalized spacial score (nSPS) is 35.6. The van der Waals surface area contributed by atoms with Crippen LogP contribution in [-0.4, -0.2) is 34.6 Å². The zero-order chi connectivity index (χ0) is 15.1. The molecule has 0 spiro atoms. The maximum Gasteiger partial charge on any atom is 0.0322 e. The molecule has 3 heteroatoms. The van der Waals surface area contributed by atoms with Crippen molar-refractivity contribution in [3.05, 3.63) is 0 Å². The monoisotopic (exact) mass is 329 g/mol. The van der Waals surface area contributed by atoms with E-state index >= 15 is 0 Å². The van der Waals surface area contributed by atoms with Crippen molar-refractivity contribution >= 4 is 23.5 Å². The second kappa shape index (κ2) is 9.72. The molecule has 5 unspecified atom stereocenters. The van der Waals surface area contributed by atoms with E-state index in [1.54, 1.807) is 0 Å². The SMILES string of the molecule is CCCNC(C1CCCCC1CC)C1SCCSC1CC. The lowest BCUT2D eigenvalue weighted by atomic mass is 9.72. The van der Waals surface area contributed by atoms with Crippen LogP contribution in [0, 0.1) is 11.8 Å². The second-order valence-electron chi connectivity index (χ2n) is 6.75. The van der Waals surface area contributed by atoms with Gasteiger partial charge in [-0.25, -0.2) is 0 Å². The van der Waals surface area contributed by atoms with E-state index in [1.807, 2.05) is 0 Å². The van der Waals surface area contributed by atoms with E-state index in [2.05, 4.69) is 49.6 Å². The fourth-order valence-corrected chi connectivity index (χ4v) is 7.63. The van der Waals surface area contributed by atoms with Crippen LogP contribution in [0.5, 0.6) is 0 Å². The molecule has 21 heavy (non-hydrogen) atoms. The zero-order valence-corrected chi connectivity index (χ0v) is 15.9. The highest BCUT2D eigenvalue weighted by atomic mass is 32.2. The van der Waals surface area contributed by atoms with E-state index in [-0.39, 0.29) is 0 Å². The largest absolute Gasteiger partial charge is 0.313 e. The molecule has 1 heterocycles. The maximum atomic E-state index is 4.00. The molecule has 1 saturated heterocycles. The molecule has 124 valence electrons. The van der Waals surface area contributed by atoms with Crippen LogP contribution in [0.1, 0.15) is 65.7 Å². The minimum Gasteiger partial charge on any atom is -0.313 e. The summed E-state index contributed by atoms with van der Waals surface area (Å²) < 4.78 is 0. The van der Waals surface area contributed by atoms with Crippen LogP contribution >= 0.6 is 23.5 Å². The predicted molar refractivity (Wildman–Crippen MR) is 101 cm³/mol. The van der Waals surface area contributed by atoms with E-state index in [0.29, 0.717) is 0 Å². The van der Waals surface area contributed by atoms with Crippen LogP contribution in [-0.2, 0) is 0 Å². The molecule has 0 aromatic heterocycles. The molecule has 0 radical (unpaired) electrons. The highest BCUT2D eigenvalue weighted by Gasteiger charge is 2.39. The minimum absolute atomic E-state index is 0.762. The summed E-state index contributed by atoms with van der Waals surface area (Å²) in [7, 11) is 0. The zero-order valence-electron chi connectivity index (χ0n) is 14.3. The first-order valence-electron chi connectivity index (χ1n) is 9.28. The third-order valence-electron chi connectivity index (χ3n) is 5.43. The van der Waals surface area contributed by atoms with Crippen LogP contribution in [0.15, 0.2) is 0 Å². The van der Waals surface area contributed by atoms with Gasteiger partial charge in [-0.15, -0.1) is 0 Å². The Morgan fingerprint density at radius 3 is 2.48 bits per heavy atom. The molecule has 0 aromatic carbocycles. The molecule has 1 N–H and O–H groups in total. The third-order valence-corrected chi connectivity index (χ3v) is 8.80. The van der Waals surface area contributed by atoms with Gasteiger partial charge in [0.15, 0.2) is 0 Å². The first kappa shape index (κ1) is 18.0. The molecular weight excluding hydrogens is 294 g/mol. The van der Waals surface area contributed by atoms with Gasteiger partial charge in [0.25, 0.3) is 0 Å². The quantitative estimate of drug-likeness (QED) is 0.689. The molecule has 2 fully saturated rings. The number of hydrogen-bond acceptors (Lipinski definition) is 3. The summed E-state index contributed by atoms with van der Waals surface area (Å²) in [5, 5.41) is 5.72. The van der Waals surface area contributed by atoms with E-state index in [4.69, 9.17) is 0 Å². The topological polar surface area (TPSA) is 12.0 Å². The van der Waals surface area contributed by atoms with E-state index in [9.17, 15) is 0 Å². The van der Waals surface area contributed by atoms with Gasteiger partial charge in [-0.05, 0) is 37.6 Å². The Labute approximate surface area is 141 Å². The summed E-state index contributed by atoms with van der Waals surface area (Å²) in [6.07, 6.45) is 9.88. The fraction of sp³-hybridized carbons (Fsp3) is 1.00. The van der Waals surface area contributed by atoms with Gasteiger partial charge in [0, 0.05) is 28.0 Å². The first-order chi connectivity index (χ1) is 10.3. The lowest BCUT2D eigenvalue weighted by molar-refractivity contribution is 0.171. The van der Waals surface area contributed by atoms with Crippen molar-refractivity contribution in [1.29, 1.82) is 0 Å². The smallest absolute Gasteiger partial charge is 0.0322 e. The molecule has 1 aliphatic carbocycles. The van der Waals surface area contributed by atoms with Gasteiger partial charge < -0.3 is 5.32 Å². The fourth-order valence-electron chi connectivity index (χ4n) is 4.31. The second-order valence-corrected chi connectivity index (χ2v) is 9.38. The molecular formula is C18H35NS2. The van der Waals surface area contributed by atoms with Crippen LogP contribution < -0.4 is 5.32 Å². The van der Waals surface area contributed by atoms with Crippen molar-refractivity contribution < 1.29 is 0 Å². The molecule has 0 bridgehead atoms. The lowest BCUT2D eigenvalue weighted by Gasteiger charge is -2.44. The number of hydrogen-bond donors (Lipinski definition) is 1. The number of nitrogens with one attached hydrogen (secondary N) is 1. The molecule has 1 aliphatic heterocycles. The first-order valence-corrected chi connectivity index (χ1v) is 11.4. The van der Waals surface area contributed by atoms with Crippen molar-refractivity contribution in [2.45, 2.75) is 82.3 Å². The van der Waals surface area contributed by atoms with Crippen molar-refractivity contribution in [1.82, 2.24) is 5.32 Å². The van der Waals surface area contributed by atoms with Gasteiger partial charge in [-0.3, -0.25) is 0 Å². The Kier molecular flexibility index (Phi) is 8.34. The molecule has 0 aromatic rings. The Morgan fingerprint density at radius 1 is 1.00 bits per heavy atom. The highest BCUT2D eigenvalue weighted by Crippen LogP contribution is 2.42. The Bertz CT molecular complexity index is 260. The highest BCUT2D eigenvalue weighted by molar-refractivity contribution is 8.07. The molecule has 0 amide bonds. The van der Waals surface area contributed by atoms with Gasteiger partial charge in [0.2, 0.25) is 0 Å². The van der Waals surface area contributed by atoms with Crippen LogP contribution in [0.3, 0.4) is 0 Å². The Morgan fingerprint density at radius 2 is 1.76 bits per heavy atom. The van der Waals surface area contributed by atoms with Crippen molar-refractivity contribution in [2.24, 2.45) is 11.8 Å². The van der Waals surface area contributed by atoms with Crippen molar-refractivity contribution in [3.8, 4) is 0 Å². The van der Waals surface area contributed by atoms with Crippen LogP contribution in [0.4, 0.5) is 0 Å². The summed E-state index contributed by atoms with van der Waals surface area (Å²) in [6.45, 7) is 8.32. The maximum absolute atomic E-state index is 4.00. The van der Waals surface area contributed by atoms with E-state index in [1.165, 1.54) is 63.0 Å². The van der Waals surface area contributed by atoms with Crippen LogP contribution in [0.2, 0.25) is 0 Å². The van der Waals surface area contributed by atoms with E-state index in [0.717, 1.165) is 28.4 Å². The van der Waals surface area contributed by atoms with Gasteiger partial charge >= 0.3 is 0 Å². The Hall–Kier alpha value is 0.660. The van der Waals surface area contributed by atoms with Gasteiger partial charge in [0.1, 0.15) is 0 Å². The summed E-state index contributed by atoms with van der Waals surface area (Å²) in [6, 6.07) is 0.762. The van der Waals surface area contributed by atoms with Crippen molar-refractivity contribution in [2.75, 3.05) is 18.1 Å². The van der Waals surface area contributed by atoms with Gasteiger partial charge in [-0.1, -0.05) is 46.5 Å². The molecule has 5 atom stereocenters. The summed E-state index contributed by atoms with van der Waals surface area (Å²) in [5.74, 6) is 4.63. The number of thioether (sulfide) groups is 2.